The number of nitrogens with one attached hydrogen (secondary N) is 2. The molecule has 0 unspecified atom stereocenters. The lowest BCUT2D eigenvalue weighted by molar-refractivity contribution is -0.150. The van der Waals surface area contributed by atoms with E-state index in [1.165, 1.54) is 0 Å². The molecule has 0 heterocycles. The zero-order valence-corrected chi connectivity index (χ0v) is 15.2. The van der Waals surface area contributed by atoms with Crippen LogP contribution >= 0.6 is 0 Å². The highest BCUT2D eigenvalue weighted by molar-refractivity contribution is 5.95. The summed E-state index contributed by atoms with van der Waals surface area (Å²) in [5.41, 5.74) is 0.475. The lowest BCUT2D eigenvalue weighted by Gasteiger charge is -2.29. The second-order valence-corrected chi connectivity index (χ2v) is 6.48. The maximum Gasteiger partial charge on any atom is 0.344 e. The predicted octanol–water partition coefficient (Wildman–Crippen LogP) is 1.88. The van der Waals surface area contributed by atoms with Crippen molar-refractivity contribution >= 4 is 17.9 Å². The highest BCUT2D eigenvalue weighted by Gasteiger charge is 2.23. The minimum absolute atomic E-state index is 0.0509. The van der Waals surface area contributed by atoms with Gasteiger partial charge in [0.25, 0.3) is 5.91 Å². The number of rotatable bonds is 6. The molecule has 2 N–H and O–H groups in total. The number of hydrogen-bond acceptors (Lipinski definition) is 6. The summed E-state index contributed by atoms with van der Waals surface area (Å²) in [6, 6.07) is 7.65. The van der Waals surface area contributed by atoms with Crippen LogP contribution in [0.1, 0.15) is 38.2 Å². The second kappa shape index (κ2) is 10.2. The Morgan fingerprint density at radius 2 is 1.85 bits per heavy atom. The summed E-state index contributed by atoms with van der Waals surface area (Å²) in [5.74, 6) is -0.674. The van der Waals surface area contributed by atoms with E-state index < -0.39 is 24.5 Å². The predicted molar refractivity (Wildman–Crippen MR) is 95.7 cm³/mol. The number of urea groups is 1. The first-order valence-electron chi connectivity index (χ1n) is 8.87. The summed E-state index contributed by atoms with van der Waals surface area (Å²) in [5, 5.41) is 13.6. The Morgan fingerprint density at radius 3 is 2.52 bits per heavy atom. The molecule has 8 heteroatoms. The molecular weight excluding hydrogens is 350 g/mol. The molecule has 1 aliphatic rings. The van der Waals surface area contributed by atoms with Gasteiger partial charge < -0.3 is 14.8 Å². The van der Waals surface area contributed by atoms with Crippen LogP contribution in [0.5, 0.6) is 5.75 Å². The summed E-state index contributed by atoms with van der Waals surface area (Å²) >= 11 is 0. The smallest absolute Gasteiger partial charge is 0.344 e. The molecular formula is C19H23N3O5. The highest BCUT2D eigenvalue weighted by Crippen LogP contribution is 2.23. The molecule has 1 fully saturated rings. The molecule has 1 aromatic rings. The first kappa shape index (κ1) is 20.2. The van der Waals surface area contributed by atoms with Crippen LogP contribution in [0, 0.1) is 17.2 Å². The normalized spacial score (nSPS) is 18.7. The molecule has 8 nitrogen and oxygen atoms in total. The first-order valence-corrected chi connectivity index (χ1v) is 8.87. The zero-order valence-electron chi connectivity index (χ0n) is 15.2. The number of amides is 3. The number of carbonyl (C=O) groups is 3. The van der Waals surface area contributed by atoms with Crippen LogP contribution in [0.15, 0.2) is 24.3 Å². The Kier molecular flexibility index (Phi) is 7.62. The maximum atomic E-state index is 11.8. The van der Waals surface area contributed by atoms with Gasteiger partial charge in [-0.05, 0) is 43.0 Å². The number of ether oxygens (including phenoxy) is 2. The topological polar surface area (TPSA) is 118 Å². The van der Waals surface area contributed by atoms with Gasteiger partial charge in [0, 0.05) is 6.04 Å². The third-order valence-electron chi connectivity index (χ3n) is 4.39. The van der Waals surface area contributed by atoms with Crippen LogP contribution in [0.3, 0.4) is 0 Å². The quantitative estimate of drug-likeness (QED) is 0.735. The number of hydrogen-bond donors (Lipinski definition) is 2. The van der Waals surface area contributed by atoms with Gasteiger partial charge in [0.2, 0.25) is 0 Å². The fourth-order valence-electron chi connectivity index (χ4n) is 2.85. The molecule has 1 aromatic carbocycles. The Hall–Kier alpha value is -3.08. The van der Waals surface area contributed by atoms with Gasteiger partial charge in [0.15, 0.2) is 13.2 Å². The third kappa shape index (κ3) is 6.98. The number of carbonyl (C=O) groups excluding carboxylic acids is 3. The van der Waals surface area contributed by atoms with Crippen molar-refractivity contribution in [1.82, 2.24) is 10.6 Å². The van der Waals surface area contributed by atoms with E-state index in [1.807, 2.05) is 6.07 Å². The molecule has 2 atom stereocenters. The van der Waals surface area contributed by atoms with Crippen molar-refractivity contribution in [2.45, 2.75) is 38.6 Å². The standard InChI is InChI=1S/C19H23N3O5/c1-13-4-2-3-5-16(13)21-19(25)22-17(23)11-27-18(24)12-26-15-8-6-14(10-20)7-9-15/h6-9,13,16H,2-5,11-12H2,1H3,(H2,21,22,23,25)/t13-,16-/m1/s1. The molecule has 0 spiro atoms. The summed E-state index contributed by atoms with van der Waals surface area (Å²) in [6.07, 6.45) is 4.15. The van der Waals surface area contributed by atoms with Gasteiger partial charge in [-0.15, -0.1) is 0 Å². The molecule has 1 aliphatic carbocycles. The average molecular weight is 373 g/mol. The maximum absolute atomic E-state index is 11.8. The summed E-state index contributed by atoms with van der Waals surface area (Å²) in [4.78, 5) is 35.2. The van der Waals surface area contributed by atoms with Crippen molar-refractivity contribution in [2.24, 2.45) is 5.92 Å². The molecule has 0 bridgehead atoms. The lowest BCUT2D eigenvalue weighted by Crippen LogP contribution is -2.48. The lowest BCUT2D eigenvalue weighted by atomic mass is 9.86. The van der Waals surface area contributed by atoms with Crippen LogP contribution < -0.4 is 15.4 Å². The van der Waals surface area contributed by atoms with Crippen LogP contribution in [-0.4, -0.2) is 37.2 Å². The van der Waals surface area contributed by atoms with E-state index in [0.29, 0.717) is 17.2 Å². The average Bonchev–Trinajstić information content (AvgIpc) is 2.67. The Labute approximate surface area is 157 Å². The molecule has 0 saturated heterocycles. The van der Waals surface area contributed by atoms with E-state index in [4.69, 9.17) is 14.7 Å². The van der Waals surface area contributed by atoms with E-state index in [0.717, 1.165) is 25.7 Å². The van der Waals surface area contributed by atoms with Crippen molar-refractivity contribution in [3.8, 4) is 11.8 Å². The second-order valence-electron chi connectivity index (χ2n) is 6.48. The van der Waals surface area contributed by atoms with Gasteiger partial charge in [0.05, 0.1) is 11.6 Å². The van der Waals surface area contributed by atoms with Gasteiger partial charge in [-0.2, -0.15) is 5.26 Å². The fourth-order valence-corrected chi connectivity index (χ4v) is 2.85. The van der Waals surface area contributed by atoms with E-state index in [2.05, 4.69) is 17.6 Å². The van der Waals surface area contributed by atoms with Gasteiger partial charge in [0.1, 0.15) is 5.75 Å². The summed E-state index contributed by atoms with van der Waals surface area (Å²) in [7, 11) is 0. The van der Waals surface area contributed by atoms with Gasteiger partial charge in [-0.25, -0.2) is 9.59 Å². The highest BCUT2D eigenvalue weighted by atomic mass is 16.6. The number of nitriles is 1. The van der Waals surface area contributed by atoms with Crippen molar-refractivity contribution in [3.63, 3.8) is 0 Å². The molecule has 1 saturated carbocycles. The Balaban J connectivity index is 1.64. The van der Waals surface area contributed by atoms with E-state index in [1.54, 1.807) is 24.3 Å². The zero-order chi connectivity index (χ0) is 19.6. The molecule has 27 heavy (non-hydrogen) atoms. The molecule has 0 radical (unpaired) electrons. The first-order chi connectivity index (χ1) is 13.0. The minimum Gasteiger partial charge on any atom is -0.482 e. The van der Waals surface area contributed by atoms with E-state index >= 15 is 0 Å². The number of benzene rings is 1. The third-order valence-corrected chi connectivity index (χ3v) is 4.39. The molecule has 144 valence electrons. The Morgan fingerprint density at radius 1 is 1.15 bits per heavy atom. The van der Waals surface area contributed by atoms with Crippen molar-refractivity contribution < 1.29 is 23.9 Å². The van der Waals surface area contributed by atoms with Crippen molar-refractivity contribution in [2.75, 3.05) is 13.2 Å². The van der Waals surface area contributed by atoms with Gasteiger partial charge >= 0.3 is 12.0 Å². The van der Waals surface area contributed by atoms with Crippen molar-refractivity contribution in [3.05, 3.63) is 29.8 Å². The van der Waals surface area contributed by atoms with Gasteiger partial charge in [-0.3, -0.25) is 10.1 Å². The van der Waals surface area contributed by atoms with E-state index in [-0.39, 0.29) is 12.6 Å². The van der Waals surface area contributed by atoms with Crippen LogP contribution in [0.2, 0.25) is 0 Å². The SMILES string of the molecule is C[C@@H]1CCCC[C@H]1NC(=O)NC(=O)COC(=O)COc1ccc(C#N)cc1. The summed E-state index contributed by atoms with van der Waals surface area (Å²) in [6.45, 7) is 1.12. The molecule has 3 amide bonds. The molecule has 0 aliphatic heterocycles. The minimum atomic E-state index is -0.740. The molecule has 2 rings (SSSR count). The Bertz CT molecular complexity index is 711. The van der Waals surface area contributed by atoms with Crippen molar-refractivity contribution in [1.29, 1.82) is 5.26 Å². The van der Waals surface area contributed by atoms with Crippen LogP contribution in [-0.2, 0) is 14.3 Å². The van der Waals surface area contributed by atoms with Crippen LogP contribution in [0.25, 0.3) is 0 Å². The number of esters is 1. The summed E-state index contributed by atoms with van der Waals surface area (Å²) < 4.78 is 9.97. The monoisotopic (exact) mass is 373 g/mol. The fraction of sp³-hybridized carbons (Fsp3) is 0.474. The number of imide groups is 1. The van der Waals surface area contributed by atoms with Gasteiger partial charge in [-0.1, -0.05) is 19.8 Å². The number of nitrogens with zero attached hydrogens (tertiary/aromatic N) is 1. The van der Waals surface area contributed by atoms with E-state index in [9.17, 15) is 14.4 Å². The van der Waals surface area contributed by atoms with Crippen LogP contribution in [0.4, 0.5) is 4.79 Å². The molecule has 0 aromatic heterocycles. The largest absolute Gasteiger partial charge is 0.482 e.